The number of hydrogen-bond acceptors (Lipinski definition) is 3. The van der Waals surface area contributed by atoms with Crippen molar-refractivity contribution in [2.45, 2.75) is 96.4 Å². The summed E-state index contributed by atoms with van der Waals surface area (Å²) in [5, 5.41) is 0.221. The molecule has 3 aliphatic carbocycles. The molecule has 4 heteroatoms. The fourth-order valence-corrected chi connectivity index (χ4v) is 7.87. The molecule has 1 aromatic carbocycles. The standard InChI is InChI=1S/C28H42O3Si/c1-27(2,3)32(6,7)31-25-13-12-24-26-19(9-8-16-29)17-20-18-21(30-5)10-11-22(20)23(26)14-15-28(24,25)4/h10-12,16,18-19,23,25-26H,8-9,13-15,17H2,1-7H3/t19-,23-,25+,26-,28+/m1/s1. The zero-order chi connectivity index (χ0) is 23.3. The van der Waals surface area contributed by atoms with E-state index in [1.54, 1.807) is 12.7 Å². The zero-order valence-electron chi connectivity index (χ0n) is 21.2. The number of fused-ring (bicyclic) bond motifs is 5. The summed E-state index contributed by atoms with van der Waals surface area (Å²) in [5.41, 5.74) is 4.70. The van der Waals surface area contributed by atoms with Gasteiger partial charge in [-0.3, -0.25) is 0 Å². The van der Waals surface area contributed by atoms with Gasteiger partial charge in [0.05, 0.1) is 13.2 Å². The fraction of sp³-hybridized carbons (Fsp3) is 0.679. The Kier molecular flexibility index (Phi) is 6.26. The molecule has 5 atom stereocenters. The van der Waals surface area contributed by atoms with Crippen molar-refractivity contribution < 1.29 is 14.0 Å². The molecule has 4 rings (SSSR count). The van der Waals surface area contributed by atoms with E-state index < -0.39 is 8.32 Å². The molecule has 0 aliphatic heterocycles. The third-order valence-corrected chi connectivity index (χ3v) is 13.8. The van der Waals surface area contributed by atoms with Gasteiger partial charge in [0.2, 0.25) is 0 Å². The number of hydrogen-bond donors (Lipinski definition) is 0. The van der Waals surface area contributed by atoms with Crippen molar-refractivity contribution in [1.29, 1.82) is 0 Å². The fourth-order valence-electron chi connectivity index (χ4n) is 6.45. The Morgan fingerprint density at radius 2 is 2.00 bits per heavy atom. The molecule has 0 heterocycles. The Hall–Kier alpha value is -1.39. The number of methoxy groups -OCH3 is 1. The van der Waals surface area contributed by atoms with Crippen molar-refractivity contribution in [2.75, 3.05) is 7.11 Å². The van der Waals surface area contributed by atoms with E-state index in [4.69, 9.17) is 9.16 Å². The summed E-state index contributed by atoms with van der Waals surface area (Å²) >= 11 is 0. The SMILES string of the molecule is COc1ccc2c(c1)C[C@@H](CCC=O)[C@H]1C3=CC[C@H](O[Si](C)(C)C(C)(C)C)[C@@]3(C)CC[C@H]21. The van der Waals surface area contributed by atoms with E-state index in [9.17, 15) is 4.79 Å². The Bertz CT molecular complexity index is 896. The van der Waals surface area contributed by atoms with Crippen LogP contribution in [0.15, 0.2) is 29.8 Å². The van der Waals surface area contributed by atoms with Gasteiger partial charge in [0.15, 0.2) is 8.32 Å². The third-order valence-electron chi connectivity index (χ3n) is 9.33. The minimum Gasteiger partial charge on any atom is -0.497 e. The van der Waals surface area contributed by atoms with E-state index in [1.807, 2.05) is 0 Å². The Morgan fingerprint density at radius 3 is 2.66 bits per heavy atom. The molecular formula is C28H42O3Si. The monoisotopic (exact) mass is 454 g/mol. The average Bonchev–Trinajstić information content (AvgIpc) is 3.06. The van der Waals surface area contributed by atoms with Crippen molar-refractivity contribution >= 4 is 14.6 Å². The molecule has 0 N–H and O–H groups in total. The second kappa shape index (κ2) is 8.43. The molecule has 1 aromatic rings. The molecule has 0 radical (unpaired) electrons. The highest BCUT2D eigenvalue weighted by Gasteiger charge is 2.55. The van der Waals surface area contributed by atoms with Gasteiger partial charge in [-0.15, -0.1) is 0 Å². The second-order valence-corrected chi connectivity index (χ2v) is 16.9. The molecule has 0 bridgehead atoms. The predicted molar refractivity (Wildman–Crippen MR) is 134 cm³/mol. The zero-order valence-corrected chi connectivity index (χ0v) is 22.2. The van der Waals surface area contributed by atoms with Crippen LogP contribution in [0.4, 0.5) is 0 Å². The summed E-state index contributed by atoms with van der Waals surface area (Å²) in [7, 11) is -0.0914. The number of benzene rings is 1. The summed E-state index contributed by atoms with van der Waals surface area (Å²) in [6.07, 6.45) is 10.0. The minimum atomic E-state index is -1.84. The number of ether oxygens (including phenoxy) is 1. The van der Waals surface area contributed by atoms with Crippen LogP contribution in [0.25, 0.3) is 0 Å². The molecular weight excluding hydrogens is 412 g/mol. The first-order valence-electron chi connectivity index (χ1n) is 12.5. The highest BCUT2D eigenvalue weighted by molar-refractivity contribution is 6.74. The Balaban J connectivity index is 1.67. The van der Waals surface area contributed by atoms with Crippen LogP contribution in [-0.2, 0) is 15.6 Å². The van der Waals surface area contributed by atoms with Crippen LogP contribution < -0.4 is 4.74 Å². The lowest BCUT2D eigenvalue weighted by Crippen LogP contribution is -2.50. The molecule has 0 aromatic heterocycles. The van der Waals surface area contributed by atoms with Gasteiger partial charge in [-0.05, 0) is 91.2 Å². The molecule has 0 saturated heterocycles. The highest BCUT2D eigenvalue weighted by Crippen LogP contribution is 2.61. The van der Waals surface area contributed by atoms with Gasteiger partial charge in [0.25, 0.3) is 0 Å². The van der Waals surface area contributed by atoms with Crippen LogP contribution in [0.2, 0.25) is 18.1 Å². The first-order valence-corrected chi connectivity index (χ1v) is 15.4. The van der Waals surface area contributed by atoms with Crippen molar-refractivity contribution in [3.63, 3.8) is 0 Å². The van der Waals surface area contributed by atoms with E-state index >= 15 is 0 Å². The number of rotatable bonds is 6. The Labute approximate surface area is 196 Å². The summed E-state index contributed by atoms with van der Waals surface area (Å²) < 4.78 is 12.6. The van der Waals surface area contributed by atoms with E-state index in [-0.39, 0.29) is 10.5 Å². The van der Waals surface area contributed by atoms with Gasteiger partial charge >= 0.3 is 0 Å². The molecule has 1 saturated carbocycles. The second-order valence-electron chi connectivity index (χ2n) is 12.1. The summed E-state index contributed by atoms with van der Waals surface area (Å²) in [6, 6.07) is 6.67. The lowest BCUT2D eigenvalue weighted by Gasteiger charge is -2.52. The van der Waals surface area contributed by atoms with E-state index in [2.05, 4.69) is 65.1 Å². The van der Waals surface area contributed by atoms with Gasteiger partial charge < -0.3 is 14.0 Å². The van der Waals surface area contributed by atoms with Crippen molar-refractivity contribution in [2.24, 2.45) is 17.3 Å². The maximum Gasteiger partial charge on any atom is 0.192 e. The summed E-state index contributed by atoms with van der Waals surface area (Å²) in [6.45, 7) is 14.3. The average molecular weight is 455 g/mol. The van der Waals surface area contributed by atoms with Crippen LogP contribution in [-0.4, -0.2) is 27.8 Å². The van der Waals surface area contributed by atoms with Crippen LogP contribution in [0, 0.1) is 17.3 Å². The minimum absolute atomic E-state index is 0.125. The molecule has 3 nitrogen and oxygen atoms in total. The molecule has 0 amide bonds. The molecule has 0 unspecified atom stereocenters. The van der Waals surface area contributed by atoms with Crippen LogP contribution in [0.3, 0.4) is 0 Å². The van der Waals surface area contributed by atoms with Crippen molar-refractivity contribution in [3.05, 3.63) is 41.0 Å². The lowest BCUT2D eigenvalue weighted by atomic mass is 9.54. The highest BCUT2D eigenvalue weighted by atomic mass is 28.4. The maximum atomic E-state index is 11.3. The van der Waals surface area contributed by atoms with Crippen LogP contribution in [0.1, 0.15) is 76.8 Å². The molecule has 3 aliphatic rings. The van der Waals surface area contributed by atoms with E-state index in [0.717, 1.165) is 31.3 Å². The molecule has 0 spiro atoms. The van der Waals surface area contributed by atoms with Crippen LogP contribution >= 0.6 is 0 Å². The van der Waals surface area contributed by atoms with Gasteiger partial charge in [-0.1, -0.05) is 45.4 Å². The van der Waals surface area contributed by atoms with Crippen molar-refractivity contribution in [3.8, 4) is 5.75 Å². The largest absolute Gasteiger partial charge is 0.497 e. The maximum absolute atomic E-state index is 11.3. The molecule has 176 valence electrons. The topological polar surface area (TPSA) is 35.5 Å². The number of aldehydes is 1. The van der Waals surface area contributed by atoms with Crippen molar-refractivity contribution in [1.82, 2.24) is 0 Å². The summed E-state index contributed by atoms with van der Waals surface area (Å²) in [4.78, 5) is 11.3. The van der Waals surface area contributed by atoms with Gasteiger partial charge in [0, 0.05) is 11.8 Å². The molecule has 1 fully saturated rings. The van der Waals surface area contributed by atoms with E-state index in [0.29, 0.717) is 30.3 Å². The quantitative estimate of drug-likeness (QED) is 0.262. The van der Waals surface area contributed by atoms with Gasteiger partial charge in [0.1, 0.15) is 12.0 Å². The van der Waals surface area contributed by atoms with Gasteiger partial charge in [-0.25, -0.2) is 0 Å². The first kappa shape index (κ1) is 23.8. The third kappa shape index (κ3) is 3.92. The lowest BCUT2D eigenvalue weighted by molar-refractivity contribution is -0.108. The normalized spacial score (nSPS) is 31.9. The smallest absolute Gasteiger partial charge is 0.192 e. The summed E-state index contributed by atoms with van der Waals surface area (Å²) in [5.74, 6) is 2.54. The van der Waals surface area contributed by atoms with Gasteiger partial charge in [-0.2, -0.15) is 0 Å². The predicted octanol–water partition coefficient (Wildman–Crippen LogP) is 7.07. The Morgan fingerprint density at radius 1 is 1.25 bits per heavy atom. The first-order chi connectivity index (χ1) is 15.0. The van der Waals surface area contributed by atoms with Crippen LogP contribution in [0.5, 0.6) is 5.75 Å². The number of carbonyl (C=O) groups is 1. The number of carbonyl (C=O) groups excluding carboxylic acids is 1. The molecule has 32 heavy (non-hydrogen) atoms. The van der Waals surface area contributed by atoms with E-state index in [1.165, 1.54) is 24.0 Å².